The second-order valence-corrected chi connectivity index (χ2v) is 8.12. The quantitative estimate of drug-likeness (QED) is 0.341. The number of hydrogen-bond acceptors (Lipinski definition) is 3. The van der Waals surface area contributed by atoms with Crippen LogP contribution in [0.1, 0.15) is 31.2 Å². The maximum atomic E-state index is 11.9. The van der Waals surface area contributed by atoms with Gasteiger partial charge in [-0.1, -0.05) is 36.8 Å². The van der Waals surface area contributed by atoms with Crippen molar-refractivity contribution in [3.05, 3.63) is 35.9 Å². The van der Waals surface area contributed by atoms with E-state index in [1.807, 2.05) is 17.8 Å². The van der Waals surface area contributed by atoms with Gasteiger partial charge in [0, 0.05) is 31.9 Å². The van der Waals surface area contributed by atoms with E-state index in [0.29, 0.717) is 6.04 Å². The number of rotatable bonds is 7. The predicted octanol–water partition coefficient (Wildman–Crippen LogP) is 3.14. The molecule has 7 heteroatoms. The number of aliphatic imine (C=N–C) groups is 1. The SMILES string of the molecule is CSC1CCCC(NC(=NCC(=O)N(C)C)NCCc2ccccc2)C1.I. The average Bonchev–Trinajstić information content (AvgIpc) is 2.66. The van der Waals surface area contributed by atoms with Crippen LogP contribution in [0, 0.1) is 0 Å². The number of nitrogens with zero attached hydrogens (tertiary/aromatic N) is 2. The number of guanidine groups is 1. The van der Waals surface area contributed by atoms with E-state index in [4.69, 9.17) is 0 Å². The monoisotopic (exact) mass is 504 g/mol. The summed E-state index contributed by atoms with van der Waals surface area (Å²) in [6.07, 6.45) is 7.99. The van der Waals surface area contributed by atoms with Crippen LogP contribution in [0.4, 0.5) is 0 Å². The molecule has 152 valence electrons. The summed E-state index contributed by atoms with van der Waals surface area (Å²) in [7, 11) is 3.52. The molecule has 0 radical (unpaired) electrons. The highest BCUT2D eigenvalue weighted by Gasteiger charge is 2.22. The molecule has 0 aliphatic heterocycles. The fourth-order valence-corrected chi connectivity index (χ4v) is 3.92. The smallest absolute Gasteiger partial charge is 0.243 e. The Bertz CT molecular complexity index is 583. The van der Waals surface area contributed by atoms with Gasteiger partial charge in [0.25, 0.3) is 0 Å². The molecule has 2 N–H and O–H groups in total. The van der Waals surface area contributed by atoms with E-state index in [0.717, 1.165) is 37.0 Å². The van der Waals surface area contributed by atoms with E-state index in [1.165, 1.54) is 18.4 Å². The van der Waals surface area contributed by atoms with Crippen LogP contribution >= 0.6 is 35.7 Å². The third-order valence-electron chi connectivity index (χ3n) is 4.72. The van der Waals surface area contributed by atoms with E-state index < -0.39 is 0 Å². The highest BCUT2D eigenvalue weighted by Crippen LogP contribution is 2.26. The van der Waals surface area contributed by atoms with Gasteiger partial charge in [-0.05, 0) is 37.5 Å². The Morgan fingerprint density at radius 1 is 1.26 bits per heavy atom. The molecule has 2 unspecified atom stereocenters. The molecule has 2 rings (SSSR count). The molecule has 0 bridgehead atoms. The van der Waals surface area contributed by atoms with Crippen molar-refractivity contribution < 1.29 is 4.79 Å². The number of carbonyl (C=O) groups excluding carboxylic acids is 1. The first-order chi connectivity index (χ1) is 12.6. The van der Waals surface area contributed by atoms with Crippen molar-refractivity contribution >= 4 is 47.6 Å². The standard InChI is InChI=1S/C20H32N4OS.HI/c1-24(2)19(25)15-22-20(21-13-12-16-8-5-4-6-9-16)23-17-10-7-11-18(14-17)26-3;/h4-6,8-9,17-18H,7,10-15H2,1-3H3,(H2,21,22,23);1H. The summed E-state index contributed by atoms with van der Waals surface area (Å²) in [5, 5.41) is 7.68. The highest BCUT2D eigenvalue weighted by atomic mass is 127. The van der Waals surface area contributed by atoms with Gasteiger partial charge in [-0.25, -0.2) is 4.99 Å². The average molecular weight is 504 g/mol. The van der Waals surface area contributed by atoms with Gasteiger partial charge in [-0.15, -0.1) is 24.0 Å². The van der Waals surface area contributed by atoms with Crippen LogP contribution in [0.25, 0.3) is 0 Å². The topological polar surface area (TPSA) is 56.7 Å². The molecule has 2 atom stereocenters. The van der Waals surface area contributed by atoms with Crippen molar-refractivity contribution in [2.24, 2.45) is 4.99 Å². The number of halogens is 1. The van der Waals surface area contributed by atoms with Gasteiger partial charge < -0.3 is 15.5 Å². The Balaban J connectivity index is 0.00000364. The zero-order valence-electron chi connectivity index (χ0n) is 16.6. The van der Waals surface area contributed by atoms with Gasteiger partial charge in [0.2, 0.25) is 5.91 Å². The Morgan fingerprint density at radius 3 is 2.67 bits per heavy atom. The van der Waals surface area contributed by atoms with Crippen LogP contribution in [0.15, 0.2) is 35.3 Å². The second kappa shape index (κ2) is 13.3. The van der Waals surface area contributed by atoms with Crippen LogP contribution < -0.4 is 10.6 Å². The third-order valence-corrected chi connectivity index (χ3v) is 5.82. The summed E-state index contributed by atoms with van der Waals surface area (Å²) in [5.41, 5.74) is 1.30. The number of likely N-dealkylation sites (N-methyl/N-ethyl adjacent to an activating group) is 1. The molecular weight excluding hydrogens is 471 g/mol. The summed E-state index contributed by atoms with van der Waals surface area (Å²) >= 11 is 1.95. The summed E-state index contributed by atoms with van der Waals surface area (Å²) in [4.78, 5) is 18.0. The predicted molar refractivity (Wildman–Crippen MR) is 127 cm³/mol. The van der Waals surface area contributed by atoms with Crippen molar-refractivity contribution in [3.8, 4) is 0 Å². The minimum absolute atomic E-state index is 0. The molecule has 0 aromatic heterocycles. The number of amides is 1. The zero-order valence-corrected chi connectivity index (χ0v) is 19.8. The van der Waals surface area contributed by atoms with E-state index >= 15 is 0 Å². The number of benzene rings is 1. The van der Waals surface area contributed by atoms with Gasteiger partial charge >= 0.3 is 0 Å². The van der Waals surface area contributed by atoms with Gasteiger partial charge in [0.05, 0.1) is 0 Å². The van der Waals surface area contributed by atoms with E-state index in [2.05, 4.69) is 46.1 Å². The molecule has 1 aliphatic carbocycles. The van der Waals surface area contributed by atoms with Crippen LogP contribution in [0.3, 0.4) is 0 Å². The summed E-state index contributed by atoms with van der Waals surface area (Å²) in [5.74, 6) is 0.766. The maximum Gasteiger partial charge on any atom is 0.243 e. The van der Waals surface area contributed by atoms with E-state index in [1.54, 1.807) is 19.0 Å². The van der Waals surface area contributed by atoms with Gasteiger partial charge in [-0.3, -0.25) is 4.79 Å². The number of carbonyl (C=O) groups is 1. The Kier molecular flexibility index (Phi) is 11.8. The van der Waals surface area contributed by atoms with Gasteiger partial charge in [0.1, 0.15) is 6.54 Å². The fraction of sp³-hybridized carbons (Fsp3) is 0.600. The van der Waals surface area contributed by atoms with Crippen molar-refractivity contribution in [1.29, 1.82) is 0 Å². The lowest BCUT2D eigenvalue weighted by Crippen LogP contribution is -2.46. The molecule has 1 fully saturated rings. The molecule has 0 saturated heterocycles. The van der Waals surface area contributed by atoms with Crippen molar-refractivity contribution in [2.75, 3.05) is 33.4 Å². The van der Waals surface area contributed by atoms with E-state index in [-0.39, 0.29) is 36.4 Å². The largest absolute Gasteiger partial charge is 0.356 e. The molecular formula is C20H33IN4OS. The summed E-state index contributed by atoms with van der Waals surface area (Å²) < 4.78 is 0. The van der Waals surface area contributed by atoms with Gasteiger partial charge in [-0.2, -0.15) is 11.8 Å². The molecule has 5 nitrogen and oxygen atoms in total. The number of hydrogen-bond donors (Lipinski definition) is 2. The van der Waals surface area contributed by atoms with Crippen molar-refractivity contribution in [1.82, 2.24) is 15.5 Å². The maximum absolute atomic E-state index is 11.9. The van der Waals surface area contributed by atoms with Gasteiger partial charge in [0.15, 0.2) is 5.96 Å². The lowest BCUT2D eigenvalue weighted by molar-refractivity contribution is -0.127. The second-order valence-electron chi connectivity index (χ2n) is 6.98. The number of nitrogens with one attached hydrogen (secondary N) is 2. The van der Waals surface area contributed by atoms with Crippen LogP contribution in [-0.2, 0) is 11.2 Å². The zero-order chi connectivity index (χ0) is 18.8. The molecule has 1 aromatic rings. The lowest BCUT2D eigenvalue weighted by Gasteiger charge is -2.30. The highest BCUT2D eigenvalue weighted by molar-refractivity contribution is 14.0. The molecule has 1 aliphatic rings. The first-order valence-corrected chi connectivity index (χ1v) is 10.7. The van der Waals surface area contributed by atoms with Crippen molar-refractivity contribution in [2.45, 2.75) is 43.4 Å². The Labute approximate surface area is 185 Å². The Hall–Kier alpha value is -0.960. The first kappa shape index (κ1) is 24.1. The summed E-state index contributed by atoms with van der Waals surface area (Å²) in [6.45, 7) is 0.969. The molecule has 1 amide bonds. The third kappa shape index (κ3) is 9.19. The van der Waals surface area contributed by atoms with Crippen LogP contribution in [0.2, 0.25) is 0 Å². The minimum atomic E-state index is 0. The molecule has 0 heterocycles. The number of thioether (sulfide) groups is 1. The van der Waals surface area contributed by atoms with E-state index in [9.17, 15) is 4.79 Å². The normalized spacial score (nSPS) is 19.7. The minimum Gasteiger partial charge on any atom is -0.356 e. The molecule has 1 saturated carbocycles. The molecule has 1 aromatic carbocycles. The lowest BCUT2D eigenvalue weighted by atomic mass is 9.95. The molecule has 27 heavy (non-hydrogen) atoms. The van der Waals surface area contributed by atoms with Crippen LogP contribution in [-0.4, -0.2) is 61.5 Å². The Morgan fingerprint density at radius 2 is 2.00 bits per heavy atom. The fourth-order valence-electron chi connectivity index (χ4n) is 3.09. The van der Waals surface area contributed by atoms with Crippen molar-refractivity contribution in [3.63, 3.8) is 0 Å². The molecule has 0 spiro atoms. The first-order valence-electron chi connectivity index (χ1n) is 9.40. The summed E-state index contributed by atoms with van der Waals surface area (Å²) in [6, 6.07) is 10.8. The van der Waals surface area contributed by atoms with Crippen LogP contribution in [0.5, 0.6) is 0 Å².